The van der Waals surface area contributed by atoms with Gasteiger partial charge in [0.2, 0.25) is 0 Å². The number of aromatic nitrogens is 2. The van der Waals surface area contributed by atoms with E-state index in [2.05, 4.69) is 45.3 Å². The summed E-state index contributed by atoms with van der Waals surface area (Å²) < 4.78 is 38.2. The fourth-order valence-electron chi connectivity index (χ4n) is 5.09. The van der Waals surface area contributed by atoms with E-state index in [1.54, 1.807) is 6.07 Å². The van der Waals surface area contributed by atoms with Crippen LogP contribution >= 0.6 is 0 Å². The highest BCUT2D eigenvalue weighted by molar-refractivity contribution is 5.89. The molecule has 8 heteroatoms. The standard InChI is InChI=1S/C27H26F3N5/c1-17-21(4-3-20-10-19(14-31)11-24(17)20)15-35-8-6-22(7-9-35)34-26-23-5-2-18(13-27(28,29)30)12-25(23)32-16-33-26/h2-5,11-12,16,22H,6-10,13,15H2,1H3,(H,32,33,34). The van der Waals surface area contributed by atoms with Gasteiger partial charge in [0.25, 0.3) is 0 Å². The Morgan fingerprint density at radius 1 is 1.14 bits per heavy atom. The largest absolute Gasteiger partial charge is 0.393 e. The molecular weight excluding hydrogens is 451 g/mol. The quantitative estimate of drug-likeness (QED) is 0.520. The molecule has 180 valence electrons. The maximum absolute atomic E-state index is 12.7. The SMILES string of the molecule is Cc1c(CN2CCC(Nc3ncnc4cc(CC(F)(F)F)ccc34)CC2)ccc2c1C=C(C#N)C2. The van der Waals surface area contributed by atoms with Gasteiger partial charge in [-0.25, -0.2) is 9.97 Å². The van der Waals surface area contributed by atoms with E-state index in [4.69, 9.17) is 0 Å². The molecule has 0 atom stereocenters. The van der Waals surface area contributed by atoms with Crippen LogP contribution in [0, 0.1) is 18.3 Å². The number of nitrogens with zero attached hydrogens (tertiary/aromatic N) is 4. The van der Waals surface area contributed by atoms with Crippen molar-refractivity contribution < 1.29 is 13.2 Å². The Hall–Kier alpha value is -3.44. The van der Waals surface area contributed by atoms with Crippen LogP contribution in [0.25, 0.3) is 17.0 Å². The van der Waals surface area contributed by atoms with Crippen molar-refractivity contribution in [3.05, 3.63) is 70.0 Å². The number of likely N-dealkylation sites (tertiary alicyclic amines) is 1. The molecule has 0 saturated carbocycles. The van der Waals surface area contributed by atoms with Crippen molar-refractivity contribution in [1.29, 1.82) is 5.26 Å². The van der Waals surface area contributed by atoms with E-state index >= 15 is 0 Å². The zero-order valence-corrected chi connectivity index (χ0v) is 19.5. The van der Waals surface area contributed by atoms with Crippen LogP contribution in [-0.4, -0.2) is 40.2 Å². The Kier molecular flexibility index (Phi) is 6.20. The number of nitriles is 1. The van der Waals surface area contributed by atoms with Gasteiger partial charge in [-0.05, 0) is 65.8 Å². The molecule has 1 N–H and O–H groups in total. The predicted molar refractivity (Wildman–Crippen MR) is 130 cm³/mol. The molecular formula is C27H26F3N5. The Labute approximate surface area is 202 Å². The first-order valence-electron chi connectivity index (χ1n) is 11.8. The van der Waals surface area contributed by atoms with Crippen molar-refractivity contribution >= 4 is 22.8 Å². The summed E-state index contributed by atoms with van der Waals surface area (Å²) in [6.07, 6.45) is 0.825. The number of fused-ring (bicyclic) bond motifs is 2. The van der Waals surface area contributed by atoms with Crippen molar-refractivity contribution in [2.45, 2.75) is 51.4 Å². The Morgan fingerprint density at radius 3 is 2.69 bits per heavy atom. The van der Waals surface area contributed by atoms with Crippen molar-refractivity contribution in [2.75, 3.05) is 18.4 Å². The van der Waals surface area contributed by atoms with Crippen molar-refractivity contribution in [2.24, 2.45) is 0 Å². The zero-order valence-electron chi connectivity index (χ0n) is 19.5. The maximum Gasteiger partial charge on any atom is 0.393 e. The van der Waals surface area contributed by atoms with Gasteiger partial charge in [0.05, 0.1) is 18.0 Å². The van der Waals surface area contributed by atoms with Gasteiger partial charge in [0, 0.05) is 43.1 Å². The topological polar surface area (TPSA) is 64.8 Å². The van der Waals surface area contributed by atoms with Gasteiger partial charge in [-0.2, -0.15) is 18.4 Å². The van der Waals surface area contributed by atoms with Crippen LogP contribution in [0.4, 0.5) is 19.0 Å². The first-order chi connectivity index (χ1) is 16.8. The second-order valence-corrected chi connectivity index (χ2v) is 9.44. The van der Waals surface area contributed by atoms with Crippen LogP contribution in [0.3, 0.4) is 0 Å². The minimum Gasteiger partial charge on any atom is -0.367 e. The number of halogens is 3. The van der Waals surface area contributed by atoms with Crippen molar-refractivity contribution in [1.82, 2.24) is 14.9 Å². The number of alkyl halides is 3. The molecule has 2 heterocycles. The molecule has 1 aromatic heterocycles. The minimum absolute atomic E-state index is 0.198. The average molecular weight is 478 g/mol. The lowest BCUT2D eigenvalue weighted by Gasteiger charge is -2.33. The smallest absolute Gasteiger partial charge is 0.367 e. The molecule has 1 saturated heterocycles. The third-order valence-corrected chi connectivity index (χ3v) is 6.99. The molecule has 1 aliphatic carbocycles. The second kappa shape index (κ2) is 9.31. The average Bonchev–Trinajstić information content (AvgIpc) is 3.25. The molecule has 2 aliphatic rings. The summed E-state index contributed by atoms with van der Waals surface area (Å²) in [6, 6.07) is 11.5. The van der Waals surface area contributed by atoms with E-state index in [1.165, 1.54) is 40.7 Å². The highest BCUT2D eigenvalue weighted by atomic mass is 19.4. The minimum atomic E-state index is -4.25. The van der Waals surface area contributed by atoms with Crippen LogP contribution in [0.5, 0.6) is 0 Å². The van der Waals surface area contributed by atoms with Crippen LogP contribution in [0.2, 0.25) is 0 Å². The molecule has 1 fully saturated rings. The summed E-state index contributed by atoms with van der Waals surface area (Å²) in [5, 5.41) is 13.4. The van der Waals surface area contributed by atoms with E-state index in [0.29, 0.717) is 11.3 Å². The summed E-state index contributed by atoms with van der Waals surface area (Å²) in [6.45, 7) is 4.89. The molecule has 5 nitrogen and oxygen atoms in total. The first kappa shape index (κ1) is 23.3. The molecule has 1 aliphatic heterocycles. The number of hydrogen-bond donors (Lipinski definition) is 1. The monoisotopic (exact) mass is 477 g/mol. The summed E-state index contributed by atoms with van der Waals surface area (Å²) >= 11 is 0. The maximum atomic E-state index is 12.7. The van der Waals surface area contributed by atoms with Crippen molar-refractivity contribution in [3.63, 3.8) is 0 Å². The Balaban J connectivity index is 1.22. The number of hydrogen-bond acceptors (Lipinski definition) is 5. The van der Waals surface area contributed by atoms with E-state index in [0.717, 1.165) is 49.9 Å². The fourth-order valence-corrected chi connectivity index (χ4v) is 5.09. The lowest BCUT2D eigenvalue weighted by molar-refractivity contribution is -0.127. The number of piperidine rings is 1. The van der Waals surface area contributed by atoms with Crippen LogP contribution in [0.15, 0.2) is 42.2 Å². The normalized spacial score (nSPS) is 16.7. The number of benzene rings is 2. The van der Waals surface area contributed by atoms with E-state index in [-0.39, 0.29) is 11.6 Å². The van der Waals surface area contributed by atoms with E-state index in [1.807, 2.05) is 6.08 Å². The molecule has 0 radical (unpaired) electrons. The predicted octanol–water partition coefficient (Wildman–Crippen LogP) is 5.58. The number of allylic oxidation sites excluding steroid dienone is 1. The molecule has 5 rings (SSSR count). The third kappa shape index (κ3) is 5.15. The Bertz CT molecular complexity index is 1330. The first-order valence-corrected chi connectivity index (χ1v) is 11.8. The van der Waals surface area contributed by atoms with Gasteiger partial charge >= 0.3 is 6.18 Å². The van der Waals surface area contributed by atoms with Gasteiger partial charge in [0.15, 0.2) is 0 Å². The summed E-state index contributed by atoms with van der Waals surface area (Å²) in [5.41, 5.74) is 6.51. The van der Waals surface area contributed by atoms with Gasteiger partial charge < -0.3 is 5.32 Å². The highest BCUT2D eigenvalue weighted by Gasteiger charge is 2.28. The number of rotatable bonds is 5. The Morgan fingerprint density at radius 2 is 1.94 bits per heavy atom. The number of anilines is 1. The lowest BCUT2D eigenvalue weighted by atomic mass is 9.97. The molecule has 0 spiro atoms. The van der Waals surface area contributed by atoms with Gasteiger partial charge in [-0.15, -0.1) is 0 Å². The molecule has 35 heavy (non-hydrogen) atoms. The lowest BCUT2D eigenvalue weighted by Crippen LogP contribution is -2.39. The van der Waals surface area contributed by atoms with Gasteiger partial charge in [-0.1, -0.05) is 18.2 Å². The summed E-state index contributed by atoms with van der Waals surface area (Å²) in [5.74, 6) is 0.668. The highest BCUT2D eigenvalue weighted by Crippen LogP contribution is 2.31. The molecule has 0 unspecified atom stereocenters. The van der Waals surface area contributed by atoms with Crippen LogP contribution in [-0.2, 0) is 19.4 Å². The van der Waals surface area contributed by atoms with Crippen molar-refractivity contribution in [3.8, 4) is 6.07 Å². The molecule has 3 aromatic rings. The molecule has 0 amide bonds. The summed E-state index contributed by atoms with van der Waals surface area (Å²) in [4.78, 5) is 11.0. The summed E-state index contributed by atoms with van der Waals surface area (Å²) in [7, 11) is 0. The van der Waals surface area contributed by atoms with Crippen LogP contribution < -0.4 is 5.32 Å². The number of nitrogens with one attached hydrogen (secondary N) is 1. The molecule has 2 aromatic carbocycles. The molecule has 0 bridgehead atoms. The van der Waals surface area contributed by atoms with Gasteiger partial charge in [0.1, 0.15) is 12.1 Å². The fraction of sp³-hybridized carbons (Fsp3) is 0.370. The van der Waals surface area contributed by atoms with Crippen LogP contribution in [0.1, 0.15) is 40.7 Å². The van der Waals surface area contributed by atoms with E-state index < -0.39 is 12.6 Å². The zero-order chi connectivity index (χ0) is 24.6. The second-order valence-electron chi connectivity index (χ2n) is 9.44. The third-order valence-electron chi connectivity index (χ3n) is 6.99. The van der Waals surface area contributed by atoms with Gasteiger partial charge in [-0.3, -0.25) is 4.90 Å². The van der Waals surface area contributed by atoms with E-state index in [9.17, 15) is 18.4 Å².